The highest BCUT2D eigenvalue weighted by Gasteiger charge is 2.05. The molecule has 82 valence electrons. The molecule has 0 aliphatic rings. The van der Waals surface area contributed by atoms with Crippen molar-refractivity contribution >= 4 is 27.8 Å². The number of hydrogen-bond donors (Lipinski definition) is 1. The number of hydrogen-bond acceptors (Lipinski definition) is 5. The van der Waals surface area contributed by atoms with Gasteiger partial charge in [-0.05, 0) is 12.3 Å². The minimum absolute atomic E-state index is 0.550. The van der Waals surface area contributed by atoms with E-state index in [9.17, 15) is 0 Å². The second-order valence-electron chi connectivity index (χ2n) is 3.10. The number of nitrogens with zero attached hydrogens (tertiary/aromatic N) is 2. The fraction of sp³-hybridized carbons (Fsp3) is 0.400. The summed E-state index contributed by atoms with van der Waals surface area (Å²) >= 11 is 3.12. The van der Waals surface area contributed by atoms with Gasteiger partial charge in [-0.15, -0.1) is 22.7 Å². The number of aromatic nitrogens is 2. The van der Waals surface area contributed by atoms with E-state index in [-0.39, 0.29) is 0 Å². The van der Waals surface area contributed by atoms with Crippen molar-refractivity contribution in [2.45, 2.75) is 26.2 Å². The molecular formula is C10H15N3S2. The third-order valence-electron chi connectivity index (χ3n) is 2.00. The van der Waals surface area contributed by atoms with Gasteiger partial charge in [-0.25, -0.2) is 4.98 Å². The molecule has 15 heavy (non-hydrogen) atoms. The average Bonchev–Trinajstić information content (AvgIpc) is 2.89. The molecule has 5 heteroatoms. The van der Waals surface area contributed by atoms with Crippen molar-refractivity contribution in [3.63, 3.8) is 0 Å². The molecule has 0 saturated carbocycles. The molecule has 1 unspecified atom stereocenters. The monoisotopic (exact) mass is 241 g/mol. The lowest BCUT2D eigenvalue weighted by Crippen LogP contribution is -1.91. The second kappa shape index (κ2) is 6.53. The maximum atomic E-state index is 5.48. The highest BCUT2D eigenvalue weighted by atomic mass is 32.1. The smallest absolute Gasteiger partial charge is 0.180 e. The van der Waals surface area contributed by atoms with E-state index in [0.717, 1.165) is 12.1 Å². The van der Waals surface area contributed by atoms with Crippen LogP contribution in [0, 0.1) is 0 Å². The summed E-state index contributed by atoms with van der Waals surface area (Å²) in [5.41, 5.74) is 8.40. The fourth-order valence-corrected chi connectivity index (χ4v) is 1.95. The van der Waals surface area contributed by atoms with E-state index in [1.54, 1.807) is 23.0 Å². The largest absolute Gasteiger partial charge is 0.375 e. The van der Waals surface area contributed by atoms with Crippen molar-refractivity contribution < 1.29 is 0 Å². The zero-order chi connectivity index (χ0) is 11.1. The summed E-state index contributed by atoms with van der Waals surface area (Å²) in [5.74, 6) is 0.550. The highest BCUT2D eigenvalue weighted by Crippen LogP contribution is 2.21. The van der Waals surface area contributed by atoms with Crippen LogP contribution < -0.4 is 5.73 Å². The zero-order valence-electron chi connectivity index (χ0n) is 8.88. The van der Waals surface area contributed by atoms with Crippen LogP contribution >= 0.6 is 22.7 Å². The zero-order valence-corrected chi connectivity index (χ0v) is 10.5. The minimum Gasteiger partial charge on any atom is -0.375 e. The summed E-state index contributed by atoms with van der Waals surface area (Å²) < 4.78 is 0. The number of nitrogen functional groups attached to an aromatic ring is 1. The summed E-state index contributed by atoms with van der Waals surface area (Å²) in [6.07, 6.45) is 2.90. The molecule has 0 aliphatic heterocycles. The van der Waals surface area contributed by atoms with Crippen LogP contribution in [-0.4, -0.2) is 9.97 Å². The number of anilines is 1. The first-order chi connectivity index (χ1) is 7.24. The van der Waals surface area contributed by atoms with Crippen LogP contribution in [-0.2, 0) is 0 Å². The lowest BCUT2D eigenvalue weighted by Gasteiger charge is -2.01. The summed E-state index contributed by atoms with van der Waals surface area (Å²) in [7, 11) is 0. The molecule has 2 N–H and O–H groups in total. The summed E-state index contributed by atoms with van der Waals surface area (Å²) in [4.78, 5) is 7.92. The lowest BCUT2D eigenvalue weighted by molar-refractivity contribution is 0.714. The predicted molar refractivity (Wildman–Crippen MR) is 67.3 cm³/mol. The van der Waals surface area contributed by atoms with E-state index < -0.39 is 0 Å². The van der Waals surface area contributed by atoms with Gasteiger partial charge in [0.05, 0.1) is 11.2 Å². The van der Waals surface area contributed by atoms with E-state index in [2.05, 4.69) is 23.8 Å². The highest BCUT2D eigenvalue weighted by molar-refractivity contribution is 7.13. The Kier molecular flexibility index (Phi) is 5.28. The predicted octanol–water partition coefficient (Wildman–Crippen LogP) is 3.38. The topological polar surface area (TPSA) is 51.8 Å². The Bertz CT molecular complexity index is 339. The molecule has 0 spiro atoms. The molecule has 2 heterocycles. The van der Waals surface area contributed by atoms with Crippen molar-refractivity contribution in [1.29, 1.82) is 0 Å². The molecule has 2 aromatic heterocycles. The maximum Gasteiger partial charge on any atom is 0.180 e. The molecule has 0 aliphatic carbocycles. The van der Waals surface area contributed by atoms with E-state index in [0.29, 0.717) is 11.0 Å². The molecule has 2 aromatic rings. The Hall–Kier alpha value is -0.940. The van der Waals surface area contributed by atoms with Crippen molar-refractivity contribution in [2.24, 2.45) is 0 Å². The minimum atomic E-state index is 0.550. The Morgan fingerprint density at radius 2 is 2.33 bits per heavy atom. The van der Waals surface area contributed by atoms with Crippen molar-refractivity contribution in [3.8, 4) is 0 Å². The van der Waals surface area contributed by atoms with Gasteiger partial charge in [0.25, 0.3) is 0 Å². The van der Waals surface area contributed by atoms with Crippen LogP contribution in [0.5, 0.6) is 0 Å². The first-order valence-corrected chi connectivity index (χ1v) is 6.59. The molecule has 0 saturated heterocycles. The molecule has 0 amide bonds. The van der Waals surface area contributed by atoms with Crippen LogP contribution in [0.15, 0.2) is 22.5 Å². The molecule has 0 bridgehead atoms. The molecule has 0 aromatic carbocycles. The average molecular weight is 241 g/mol. The molecular weight excluding hydrogens is 226 g/mol. The summed E-state index contributed by atoms with van der Waals surface area (Å²) in [5, 5.41) is 4.64. The van der Waals surface area contributed by atoms with Gasteiger partial charge < -0.3 is 5.73 Å². The number of thiazole rings is 2. The van der Waals surface area contributed by atoms with Crippen LogP contribution in [0.3, 0.4) is 0 Å². The van der Waals surface area contributed by atoms with Crippen LogP contribution in [0.2, 0.25) is 0 Å². The van der Waals surface area contributed by atoms with Crippen LogP contribution in [0.25, 0.3) is 0 Å². The number of rotatable bonds is 2. The quantitative estimate of drug-likeness (QED) is 0.877. The molecule has 2 rings (SSSR count). The first-order valence-electron chi connectivity index (χ1n) is 4.77. The van der Waals surface area contributed by atoms with Gasteiger partial charge in [-0.2, -0.15) is 0 Å². The van der Waals surface area contributed by atoms with E-state index >= 15 is 0 Å². The van der Waals surface area contributed by atoms with Gasteiger partial charge in [-0.3, -0.25) is 4.98 Å². The van der Waals surface area contributed by atoms with Crippen molar-refractivity contribution in [3.05, 3.63) is 28.2 Å². The van der Waals surface area contributed by atoms with Crippen LogP contribution in [0.4, 0.5) is 5.13 Å². The lowest BCUT2D eigenvalue weighted by atomic mass is 10.1. The molecule has 0 fully saturated rings. The van der Waals surface area contributed by atoms with Gasteiger partial charge in [-0.1, -0.05) is 13.8 Å². The van der Waals surface area contributed by atoms with Crippen molar-refractivity contribution in [1.82, 2.24) is 9.97 Å². The Balaban J connectivity index is 0.000000187. The third-order valence-corrected chi connectivity index (χ3v) is 3.22. The van der Waals surface area contributed by atoms with Gasteiger partial charge >= 0.3 is 0 Å². The Labute approximate surface area is 98.0 Å². The SMILES string of the molecule is CCC(C)c1csc(N)n1.c1cscn1. The van der Waals surface area contributed by atoms with E-state index in [1.165, 1.54) is 11.3 Å². The normalized spacial score (nSPS) is 11.6. The fourth-order valence-electron chi connectivity index (χ4n) is 0.912. The Morgan fingerprint density at radius 3 is 2.67 bits per heavy atom. The second-order valence-corrected chi connectivity index (χ2v) is 4.74. The first kappa shape index (κ1) is 12.1. The van der Waals surface area contributed by atoms with E-state index in [1.807, 2.05) is 10.8 Å². The van der Waals surface area contributed by atoms with Gasteiger partial charge in [0, 0.05) is 17.0 Å². The van der Waals surface area contributed by atoms with Gasteiger partial charge in [0.15, 0.2) is 5.13 Å². The molecule has 1 atom stereocenters. The number of nitrogens with two attached hydrogens (primary N) is 1. The standard InChI is InChI=1S/C7H12N2S.C3H3NS/c1-3-5(2)6-4-10-7(8)9-6;1-2-5-3-4-1/h4-5H,3H2,1-2H3,(H2,8,9);1-3H. The third kappa shape index (κ3) is 4.40. The Morgan fingerprint density at radius 1 is 1.53 bits per heavy atom. The molecule has 3 nitrogen and oxygen atoms in total. The molecule has 0 radical (unpaired) electrons. The van der Waals surface area contributed by atoms with Gasteiger partial charge in [0.2, 0.25) is 0 Å². The van der Waals surface area contributed by atoms with Crippen LogP contribution in [0.1, 0.15) is 31.9 Å². The summed E-state index contributed by atoms with van der Waals surface area (Å²) in [6.45, 7) is 4.31. The van der Waals surface area contributed by atoms with Gasteiger partial charge in [0.1, 0.15) is 0 Å². The maximum absolute atomic E-state index is 5.48. The summed E-state index contributed by atoms with van der Waals surface area (Å²) in [6, 6.07) is 0. The van der Waals surface area contributed by atoms with Crippen molar-refractivity contribution in [2.75, 3.05) is 5.73 Å². The van der Waals surface area contributed by atoms with E-state index in [4.69, 9.17) is 5.73 Å².